The number of carbonyl (C=O) groups excluding carboxylic acids is 1. The van der Waals surface area contributed by atoms with Crippen LogP contribution in [0.3, 0.4) is 0 Å². The summed E-state index contributed by atoms with van der Waals surface area (Å²) in [6, 6.07) is 0. The molecule has 0 aliphatic carbocycles. The van der Waals surface area contributed by atoms with Gasteiger partial charge in [0.1, 0.15) is 16.1 Å². The van der Waals surface area contributed by atoms with E-state index in [1.807, 2.05) is 6.92 Å². The molecule has 2 aliphatic heterocycles. The Balaban J connectivity index is 1.81. The molecule has 22 heavy (non-hydrogen) atoms. The molecular formula is C12H14N4O4S2. The molecule has 2 N–H and O–H groups in total. The van der Waals surface area contributed by atoms with Gasteiger partial charge in [-0.1, -0.05) is 5.21 Å². The summed E-state index contributed by atoms with van der Waals surface area (Å²) in [6.45, 7) is 2.63. The number of rotatable bonds is 5. The summed E-state index contributed by atoms with van der Waals surface area (Å²) in [5.41, 5.74) is 0.671. The van der Waals surface area contributed by atoms with E-state index >= 15 is 0 Å². The van der Waals surface area contributed by atoms with Gasteiger partial charge in [-0.3, -0.25) is 9.69 Å². The maximum Gasteiger partial charge on any atom is 0.352 e. The van der Waals surface area contributed by atoms with Crippen LogP contribution in [-0.4, -0.2) is 65.0 Å². The van der Waals surface area contributed by atoms with Crippen LogP contribution in [-0.2, 0) is 16.1 Å². The first-order chi connectivity index (χ1) is 10.5. The molecule has 3 rings (SSSR count). The van der Waals surface area contributed by atoms with Gasteiger partial charge in [0.15, 0.2) is 6.10 Å². The number of hydrogen-bond acceptors (Lipinski definition) is 7. The van der Waals surface area contributed by atoms with Crippen molar-refractivity contribution in [2.75, 3.05) is 11.5 Å². The number of nitrogens with zero attached hydrogens (tertiary/aromatic N) is 4. The molecule has 2 atom stereocenters. The van der Waals surface area contributed by atoms with Gasteiger partial charge in [0.05, 0.1) is 6.20 Å². The summed E-state index contributed by atoms with van der Waals surface area (Å²) in [7, 11) is 0. The molecular weight excluding hydrogens is 328 g/mol. The number of aliphatic hydroxyl groups is 1. The fraction of sp³-hybridized carbons (Fsp3) is 0.500. The van der Waals surface area contributed by atoms with Gasteiger partial charge in [-0.05, 0) is 12.5 Å². The summed E-state index contributed by atoms with van der Waals surface area (Å²) in [6.07, 6.45) is 0.534. The van der Waals surface area contributed by atoms with Gasteiger partial charge >= 0.3 is 5.97 Å². The zero-order chi connectivity index (χ0) is 15.9. The van der Waals surface area contributed by atoms with E-state index in [1.165, 1.54) is 28.4 Å². The van der Waals surface area contributed by atoms with Crippen LogP contribution in [0, 0.1) is 0 Å². The van der Waals surface area contributed by atoms with E-state index < -0.39 is 23.4 Å². The standard InChI is InChI=1S/C12H14N4O4S2/c1-2-15-7(3-13-14-15)21-4-6-5-22-11-9(17)10(18)16(11)8(6)12(19)20/h3,9,11,17H,2,4-5H2,1H3,(H,19,20)/t9-,11+/m1/s1. The summed E-state index contributed by atoms with van der Waals surface area (Å²) in [5, 5.41) is 27.1. The van der Waals surface area contributed by atoms with Crippen LogP contribution in [0.5, 0.6) is 0 Å². The number of carbonyl (C=O) groups is 2. The number of aliphatic carboxylic acids is 1. The summed E-state index contributed by atoms with van der Waals surface area (Å²) < 4.78 is 1.73. The molecule has 1 fully saturated rings. The summed E-state index contributed by atoms with van der Waals surface area (Å²) in [4.78, 5) is 24.4. The third-order valence-corrected chi connectivity index (χ3v) is 5.93. The smallest absolute Gasteiger partial charge is 0.352 e. The van der Waals surface area contributed by atoms with Crippen molar-refractivity contribution in [1.29, 1.82) is 0 Å². The molecule has 0 aromatic carbocycles. The van der Waals surface area contributed by atoms with Crippen molar-refractivity contribution in [3.63, 3.8) is 0 Å². The number of aromatic nitrogens is 3. The van der Waals surface area contributed by atoms with Crippen LogP contribution in [0.4, 0.5) is 0 Å². The number of amides is 1. The highest BCUT2D eigenvalue weighted by Crippen LogP contribution is 2.41. The average Bonchev–Trinajstić information content (AvgIpc) is 2.98. The van der Waals surface area contributed by atoms with Crippen molar-refractivity contribution in [2.45, 2.75) is 30.0 Å². The Bertz CT molecular complexity index is 659. The molecule has 1 saturated heterocycles. The lowest BCUT2D eigenvalue weighted by atomic mass is 10.1. The number of aliphatic hydroxyl groups excluding tert-OH is 1. The molecule has 1 aromatic rings. The van der Waals surface area contributed by atoms with Gasteiger partial charge in [0, 0.05) is 18.1 Å². The predicted octanol–water partition coefficient (Wildman–Crippen LogP) is 0.00480. The Morgan fingerprint density at radius 3 is 3.05 bits per heavy atom. The second kappa shape index (κ2) is 5.94. The van der Waals surface area contributed by atoms with Crippen molar-refractivity contribution in [3.8, 4) is 0 Å². The van der Waals surface area contributed by atoms with Crippen LogP contribution in [0.15, 0.2) is 22.5 Å². The van der Waals surface area contributed by atoms with Crippen molar-refractivity contribution in [3.05, 3.63) is 17.5 Å². The van der Waals surface area contributed by atoms with Crippen molar-refractivity contribution < 1.29 is 19.8 Å². The molecule has 0 spiro atoms. The molecule has 118 valence electrons. The first kappa shape index (κ1) is 15.4. The minimum Gasteiger partial charge on any atom is -0.477 e. The van der Waals surface area contributed by atoms with Crippen molar-refractivity contribution >= 4 is 35.4 Å². The fourth-order valence-corrected chi connectivity index (χ4v) is 4.78. The number of fused-ring (bicyclic) bond motifs is 1. The van der Waals surface area contributed by atoms with E-state index in [2.05, 4.69) is 10.3 Å². The maximum absolute atomic E-state index is 11.7. The molecule has 3 heterocycles. The largest absolute Gasteiger partial charge is 0.477 e. The highest BCUT2D eigenvalue weighted by atomic mass is 32.2. The predicted molar refractivity (Wildman–Crippen MR) is 80.2 cm³/mol. The average molecular weight is 342 g/mol. The van der Waals surface area contributed by atoms with Gasteiger partial charge in [-0.25, -0.2) is 9.48 Å². The van der Waals surface area contributed by atoms with Crippen LogP contribution >= 0.6 is 23.5 Å². The van der Waals surface area contributed by atoms with Gasteiger partial charge in [-0.2, -0.15) is 0 Å². The second-order valence-electron chi connectivity index (χ2n) is 4.79. The van der Waals surface area contributed by atoms with Crippen LogP contribution in [0.25, 0.3) is 0 Å². The molecule has 0 bridgehead atoms. The quantitative estimate of drug-likeness (QED) is 0.569. The van der Waals surface area contributed by atoms with E-state index in [0.29, 0.717) is 23.6 Å². The molecule has 0 saturated carbocycles. The number of carboxylic acid groups (broad SMARTS) is 1. The monoisotopic (exact) mass is 342 g/mol. The summed E-state index contributed by atoms with van der Waals surface area (Å²) >= 11 is 2.82. The fourth-order valence-electron chi connectivity index (χ4n) is 2.38. The lowest BCUT2D eigenvalue weighted by Crippen LogP contribution is -2.64. The number of carboxylic acids is 1. The number of hydrogen-bond donors (Lipinski definition) is 2. The van der Waals surface area contributed by atoms with Gasteiger partial charge < -0.3 is 10.2 Å². The van der Waals surface area contributed by atoms with Crippen LogP contribution in [0.1, 0.15) is 6.92 Å². The SMILES string of the molecule is CCn1nncc1SCC1=C(C(=O)O)N2C(=O)[C@@H](O)[C@@H]2SC1. The molecule has 8 nitrogen and oxygen atoms in total. The number of thioether (sulfide) groups is 2. The molecule has 1 amide bonds. The Kier molecular flexibility index (Phi) is 4.15. The molecule has 10 heteroatoms. The minimum absolute atomic E-state index is 0.00192. The Morgan fingerprint density at radius 1 is 1.59 bits per heavy atom. The van der Waals surface area contributed by atoms with E-state index in [4.69, 9.17) is 0 Å². The normalized spacial score (nSPS) is 24.3. The van der Waals surface area contributed by atoms with Crippen LogP contribution < -0.4 is 0 Å². The first-order valence-corrected chi connectivity index (χ1v) is 8.67. The highest BCUT2D eigenvalue weighted by Gasteiger charge is 2.52. The Morgan fingerprint density at radius 2 is 2.36 bits per heavy atom. The highest BCUT2D eigenvalue weighted by molar-refractivity contribution is 8.01. The molecule has 1 aromatic heterocycles. The Hall–Kier alpha value is -1.52. The van der Waals surface area contributed by atoms with E-state index in [1.54, 1.807) is 10.9 Å². The van der Waals surface area contributed by atoms with E-state index in [-0.39, 0.29) is 5.70 Å². The van der Waals surface area contributed by atoms with Crippen LogP contribution in [0.2, 0.25) is 0 Å². The van der Waals surface area contributed by atoms with Gasteiger partial charge in [-0.15, -0.1) is 28.6 Å². The van der Waals surface area contributed by atoms with E-state index in [0.717, 1.165) is 5.03 Å². The minimum atomic E-state index is -1.14. The third kappa shape index (κ3) is 2.40. The topological polar surface area (TPSA) is 109 Å². The first-order valence-electron chi connectivity index (χ1n) is 6.64. The van der Waals surface area contributed by atoms with E-state index in [9.17, 15) is 19.8 Å². The zero-order valence-electron chi connectivity index (χ0n) is 11.7. The summed E-state index contributed by atoms with van der Waals surface area (Å²) in [5.74, 6) is -0.761. The second-order valence-corrected chi connectivity index (χ2v) is 6.89. The molecule has 0 radical (unpaired) electrons. The zero-order valence-corrected chi connectivity index (χ0v) is 13.3. The molecule has 2 aliphatic rings. The number of β-lactam (4-membered cyclic amide) rings is 1. The number of aryl methyl sites for hydroxylation is 1. The maximum atomic E-state index is 11.7. The lowest BCUT2D eigenvalue weighted by Gasteiger charge is -2.47. The Labute approximate surface area is 134 Å². The van der Waals surface area contributed by atoms with Crippen molar-refractivity contribution in [1.82, 2.24) is 19.9 Å². The lowest BCUT2D eigenvalue weighted by molar-refractivity contribution is -0.159. The molecule has 0 unspecified atom stereocenters. The third-order valence-electron chi connectivity index (χ3n) is 3.50. The van der Waals surface area contributed by atoms with Gasteiger partial charge in [0.25, 0.3) is 5.91 Å². The van der Waals surface area contributed by atoms with Crippen molar-refractivity contribution in [2.24, 2.45) is 0 Å². The van der Waals surface area contributed by atoms with Gasteiger partial charge in [0.2, 0.25) is 0 Å².